The molecule has 0 saturated carbocycles. The van der Waals surface area contributed by atoms with E-state index in [1.165, 1.54) is 0 Å². The van der Waals surface area contributed by atoms with Crippen LogP contribution in [0.3, 0.4) is 0 Å². The van der Waals surface area contributed by atoms with E-state index in [1.807, 2.05) is 44.2 Å². The highest BCUT2D eigenvalue weighted by atomic mass is 16.6. The zero-order valence-corrected chi connectivity index (χ0v) is 17.9. The Labute approximate surface area is 182 Å². The number of anilines is 2. The summed E-state index contributed by atoms with van der Waals surface area (Å²) in [7, 11) is 0. The van der Waals surface area contributed by atoms with Crippen molar-refractivity contribution in [3.63, 3.8) is 0 Å². The highest BCUT2D eigenvalue weighted by Crippen LogP contribution is 2.40. The maximum Gasteiger partial charge on any atom is 0.269 e. The number of amides is 1. The fourth-order valence-corrected chi connectivity index (χ4v) is 3.61. The number of hydrogen-bond donors (Lipinski definition) is 1. The van der Waals surface area contributed by atoms with Crippen LogP contribution in [-0.2, 0) is 9.53 Å². The lowest BCUT2D eigenvalue weighted by Crippen LogP contribution is -2.40. The number of carbonyl (C=O) groups excluding carboxylic acids is 1. The Balaban J connectivity index is 1.57. The third-order valence-electron chi connectivity index (χ3n) is 5.07. The Bertz CT molecular complexity index is 913. The summed E-state index contributed by atoms with van der Waals surface area (Å²) in [6.07, 6.45) is -0.765. The van der Waals surface area contributed by atoms with Crippen LogP contribution in [0.25, 0.3) is 0 Å². The predicted molar refractivity (Wildman–Crippen MR) is 117 cm³/mol. The minimum absolute atomic E-state index is 0.136. The number of para-hydroxylation sites is 2. The molecule has 2 heterocycles. The minimum Gasteiger partial charge on any atom is -0.492 e. The Morgan fingerprint density at radius 2 is 1.77 bits per heavy atom. The summed E-state index contributed by atoms with van der Waals surface area (Å²) in [4.78, 5) is 15.2. The van der Waals surface area contributed by atoms with Crippen molar-refractivity contribution in [2.75, 3.05) is 56.3 Å². The molecule has 8 nitrogen and oxygen atoms in total. The zero-order valence-electron chi connectivity index (χ0n) is 17.9. The van der Waals surface area contributed by atoms with Crippen molar-refractivity contribution in [3.8, 4) is 23.0 Å². The summed E-state index contributed by atoms with van der Waals surface area (Å²) in [6, 6.07) is 11.0. The van der Waals surface area contributed by atoms with Crippen LogP contribution in [0.1, 0.15) is 13.8 Å². The van der Waals surface area contributed by atoms with E-state index in [0.717, 1.165) is 18.8 Å². The zero-order chi connectivity index (χ0) is 21.6. The van der Waals surface area contributed by atoms with Gasteiger partial charge in [-0.2, -0.15) is 0 Å². The fourth-order valence-electron chi connectivity index (χ4n) is 3.61. The molecule has 1 N–H and O–H groups in total. The molecular weight excluding hydrogens is 400 g/mol. The maximum absolute atomic E-state index is 13.0. The monoisotopic (exact) mass is 428 g/mol. The first-order valence-corrected chi connectivity index (χ1v) is 10.6. The van der Waals surface area contributed by atoms with E-state index in [-0.39, 0.29) is 12.5 Å². The number of hydrogen-bond acceptors (Lipinski definition) is 7. The number of carbonyl (C=O) groups is 1. The molecule has 2 aromatic carbocycles. The van der Waals surface area contributed by atoms with Crippen molar-refractivity contribution in [2.45, 2.75) is 20.0 Å². The lowest BCUT2D eigenvalue weighted by molar-refractivity contribution is -0.125. The quantitative estimate of drug-likeness (QED) is 0.726. The molecule has 2 aromatic rings. The summed E-state index contributed by atoms with van der Waals surface area (Å²) in [5.41, 5.74) is 1.47. The summed E-state index contributed by atoms with van der Waals surface area (Å²) >= 11 is 0. The van der Waals surface area contributed by atoms with Gasteiger partial charge in [-0.25, -0.2) is 0 Å². The normalized spacial score (nSPS) is 17.7. The van der Waals surface area contributed by atoms with Gasteiger partial charge in [0.15, 0.2) is 11.5 Å². The van der Waals surface area contributed by atoms with Gasteiger partial charge in [-0.1, -0.05) is 12.1 Å². The second kappa shape index (κ2) is 9.78. The minimum atomic E-state index is -0.765. The molecule has 0 unspecified atom stereocenters. The third-order valence-corrected chi connectivity index (χ3v) is 5.07. The van der Waals surface area contributed by atoms with Gasteiger partial charge in [0, 0.05) is 25.2 Å². The number of nitrogens with one attached hydrogen (secondary N) is 1. The first-order chi connectivity index (χ1) is 15.2. The molecule has 1 amide bonds. The van der Waals surface area contributed by atoms with Gasteiger partial charge >= 0.3 is 0 Å². The average molecular weight is 428 g/mol. The van der Waals surface area contributed by atoms with E-state index in [2.05, 4.69) is 10.2 Å². The number of rotatable bonds is 7. The van der Waals surface area contributed by atoms with Crippen LogP contribution in [0, 0.1) is 0 Å². The van der Waals surface area contributed by atoms with Crippen LogP contribution in [0.4, 0.5) is 11.4 Å². The largest absolute Gasteiger partial charge is 0.492 e. The van der Waals surface area contributed by atoms with E-state index >= 15 is 0 Å². The molecule has 0 radical (unpaired) electrons. The number of nitrogens with zero attached hydrogens (tertiary/aromatic N) is 1. The first-order valence-electron chi connectivity index (χ1n) is 10.6. The molecule has 1 atom stereocenters. The molecule has 31 heavy (non-hydrogen) atoms. The fraction of sp³-hybridized carbons (Fsp3) is 0.435. The van der Waals surface area contributed by atoms with Crippen molar-refractivity contribution in [2.24, 2.45) is 0 Å². The van der Waals surface area contributed by atoms with Crippen LogP contribution in [0.2, 0.25) is 0 Å². The average Bonchev–Trinajstić information content (AvgIpc) is 2.81. The molecule has 0 bridgehead atoms. The highest BCUT2D eigenvalue weighted by molar-refractivity contribution is 5.97. The van der Waals surface area contributed by atoms with Gasteiger partial charge in [0.25, 0.3) is 5.91 Å². The van der Waals surface area contributed by atoms with E-state index in [4.69, 9.17) is 23.7 Å². The summed E-state index contributed by atoms with van der Waals surface area (Å²) in [6.45, 7) is 7.81. The van der Waals surface area contributed by atoms with Gasteiger partial charge in [-0.3, -0.25) is 4.79 Å². The standard InChI is InChI=1S/C23H28N2O6/c1-3-28-20-14-17(25-9-11-27-12-10-25)21(29-4-2)13-16(20)24-23(26)22-15-30-18-7-5-6-8-19(18)31-22/h5-8,13-14,22H,3-4,9-12,15H2,1-2H3,(H,24,26)/t22-/m1/s1. The van der Waals surface area contributed by atoms with Crippen molar-refractivity contribution >= 4 is 17.3 Å². The second-order valence-corrected chi connectivity index (χ2v) is 7.14. The SMILES string of the molecule is CCOc1cc(N2CCOCC2)c(OCC)cc1NC(=O)[C@H]1COc2ccccc2O1. The lowest BCUT2D eigenvalue weighted by atomic mass is 10.2. The molecule has 8 heteroatoms. The van der Waals surface area contributed by atoms with E-state index in [9.17, 15) is 4.79 Å². The predicted octanol–water partition coefficient (Wildman–Crippen LogP) is 3.10. The second-order valence-electron chi connectivity index (χ2n) is 7.14. The third kappa shape index (κ3) is 4.80. The van der Waals surface area contributed by atoms with Crippen LogP contribution in [0.15, 0.2) is 36.4 Å². The number of ether oxygens (including phenoxy) is 5. The number of fused-ring (bicyclic) bond motifs is 1. The van der Waals surface area contributed by atoms with Crippen LogP contribution in [-0.4, -0.2) is 58.1 Å². The van der Waals surface area contributed by atoms with Gasteiger partial charge in [0.05, 0.1) is 37.8 Å². The Morgan fingerprint density at radius 3 is 2.52 bits per heavy atom. The van der Waals surface area contributed by atoms with Crippen molar-refractivity contribution in [3.05, 3.63) is 36.4 Å². The molecule has 166 valence electrons. The summed E-state index contributed by atoms with van der Waals surface area (Å²) in [5.74, 6) is 2.15. The van der Waals surface area contributed by atoms with Gasteiger partial charge in [0.2, 0.25) is 6.10 Å². The molecule has 1 fully saturated rings. The lowest BCUT2D eigenvalue weighted by Gasteiger charge is -2.31. The Morgan fingerprint density at radius 1 is 1.06 bits per heavy atom. The van der Waals surface area contributed by atoms with Crippen LogP contribution in [0.5, 0.6) is 23.0 Å². The summed E-state index contributed by atoms with van der Waals surface area (Å²) in [5, 5.41) is 2.93. The molecule has 0 aliphatic carbocycles. The smallest absolute Gasteiger partial charge is 0.269 e. The number of morpholine rings is 1. The van der Waals surface area contributed by atoms with Gasteiger partial charge in [-0.05, 0) is 26.0 Å². The Kier molecular flexibility index (Phi) is 6.66. The number of benzene rings is 2. The molecule has 4 rings (SSSR count). The Hall–Kier alpha value is -3.13. The van der Waals surface area contributed by atoms with Crippen LogP contribution < -0.4 is 29.2 Å². The van der Waals surface area contributed by atoms with Crippen molar-refractivity contribution in [1.82, 2.24) is 0 Å². The summed E-state index contributed by atoms with van der Waals surface area (Å²) < 4.78 is 28.7. The molecule has 0 aromatic heterocycles. The van der Waals surface area contributed by atoms with Crippen molar-refractivity contribution in [1.29, 1.82) is 0 Å². The van der Waals surface area contributed by atoms with Gasteiger partial charge in [-0.15, -0.1) is 0 Å². The molecule has 2 aliphatic heterocycles. The molecular formula is C23H28N2O6. The van der Waals surface area contributed by atoms with Crippen LogP contribution >= 0.6 is 0 Å². The molecule has 1 saturated heterocycles. The van der Waals surface area contributed by atoms with E-state index < -0.39 is 6.10 Å². The van der Waals surface area contributed by atoms with Crippen molar-refractivity contribution < 1.29 is 28.5 Å². The van der Waals surface area contributed by atoms with Gasteiger partial charge in [0.1, 0.15) is 18.1 Å². The first kappa shape index (κ1) is 21.1. The maximum atomic E-state index is 13.0. The topological polar surface area (TPSA) is 78.5 Å². The highest BCUT2D eigenvalue weighted by Gasteiger charge is 2.29. The molecule has 0 spiro atoms. The molecule has 2 aliphatic rings. The van der Waals surface area contributed by atoms with Gasteiger partial charge < -0.3 is 33.9 Å². The van der Waals surface area contributed by atoms with E-state index in [1.54, 1.807) is 6.07 Å². The van der Waals surface area contributed by atoms with E-state index in [0.29, 0.717) is 55.1 Å².